The van der Waals surface area contributed by atoms with Gasteiger partial charge in [-0.05, 0) is 12.1 Å². The van der Waals surface area contributed by atoms with Gasteiger partial charge in [-0.3, -0.25) is 4.98 Å². The molecule has 2 aromatic heterocycles. The van der Waals surface area contributed by atoms with E-state index in [1.54, 1.807) is 12.4 Å². The molecule has 0 aliphatic rings. The van der Waals surface area contributed by atoms with E-state index in [0.717, 1.165) is 11.5 Å². The highest BCUT2D eigenvalue weighted by atomic mass is 16.3. The second-order valence-corrected chi connectivity index (χ2v) is 3.84. The first-order chi connectivity index (χ1) is 7.75. The van der Waals surface area contributed by atoms with E-state index in [9.17, 15) is 5.11 Å². The zero-order valence-corrected chi connectivity index (χ0v) is 9.24. The van der Waals surface area contributed by atoms with Crippen molar-refractivity contribution in [2.75, 3.05) is 0 Å². The Balaban J connectivity index is 1.95. The van der Waals surface area contributed by atoms with Crippen molar-refractivity contribution in [3.63, 3.8) is 0 Å². The van der Waals surface area contributed by atoms with Crippen LogP contribution < -0.4 is 0 Å². The molecule has 0 fully saturated rings. The molecule has 0 aliphatic heterocycles. The van der Waals surface area contributed by atoms with Gasteiger partial charge in [-0.2, -0.15) is 0 Å². The van der Waals surface area contributed by atoms with Crippen molar-refractivity contribution >= 4 is 0 Å². The Morgan fingerprint density at radius 1 is 1.25 bits per heavy atom. The van der Waals surface area contributed by atoms with E-state index in [1.807, 2.05) is 36.0 Å². The third-order valence-corrected chi connectivity index (χ3v) is 2.51. The second kappa shape index (κ2) is 4.90. The average molecular weight is 217 g/mol. The fourth-order valence-corrected chi connectivity index (χ4v) is 1.64. The van der Waals surface area contributed by atoms with Gasteiger partial charge in [-0.25, -0.2) is 4.98 Å². The van der Waals surface area contributed by atoms with Crippen LogP contribution in [0.15, 0.2) is 36.8 Å². The molecular formula is C12H15N3O. The lowest BCUT2D eigenvalue weighted by Crippen LogP contribution is -2.17. The molecule has 0 bridgehead atoms. The predicted octanol–water partition coefficient (Wildman–Crippen LogP) is 0.961. The molecule has 1 N–H and O–H groups in total. The summed E-state index contributed by atoms with van der Waals surface area (Å²) in [6.07, 6.45) is 6.04. The topological polar surface area (TPSA) is 50.9 Å². The first-order valence-corrected chi connectivity index (χ1v) is 5.30. The van der Waals surface area contributed by atoms with E-state index in [1.165, 1.54) is 0 Å². The third kappa shape index (κ3) is 2.67. The molecule has 0 radical (unpaired) electrons. The lowest BCUT2D eigenvalue weighted by Gasteiger charge is -2.09. The van der Waals surface area contributed by atoms with Gasteiger partial charge >= 0.3 is 0 Å². The van der Waals surface area contributed by atoms with Crippen molar-refractivity contribution in [3.05, 3.63) is 48.3 Å². The molecule has 2 heterocycles. The molecule has 1 unspecified atom stereocenters. The number of imidazole rings is 1. The van der Waals surface area contributed by atoms with Crippen LogP contribution >= 0.6 is 0 Å². The van der Waals surface area contributed by atoms with Crippen LogP contribution in [0.25, 0.3) is 0 Å². The largest absolute Gasteiger partial charge is 0.392 e. The maximum atomic E-state index is 9.91. The maximum absolute atomic E-state index is 9.91. The Morgan fingerprint density at radius 2 is 2.12 bits per heavy atom. The number of rotatable bonds is 4. The number of aliphatic hydroxyl groups excluding tert-OH is 1. The molecule has 0 aromatic carbocycles. The number of hydrogen-bond donors (Lipinski definition) is 1. The minimum atomic E-state index is -0.434. The van der Waals surface area contributed by atoms with E-state index >= 15 is 0 Å². The van der Waals surface area contributed by atoms with Crippen LogP contribution in [0.3, 0.4) is 0 Å². The minimum Gasteiger partial charge on any atom is -0.392 e. The van der Waals surface area contributed by atoms with Gasteiger partial charge in [0, 0.05) is 44.2 Å². The standard InChI is InChI=1S/C12H15N3O/c1-15-7-6-14-12(15)9-11(16)8-10-4-2-3-5-13-10/h2-7,11,16H,8-9H2,1H3. The first-order valence-electron chi connectivity index (χ1n) is 5.30. The van der Waals surface area contributed by atoms with Crippen LogP contribution in [0, 0.1) is 0 Å². The predicted molar refractivity (Wildman–Crippen MR) is 60.9 cm³/mol. The molecule has 0 saturated heterocycles. The molecule has 4 nitrogen and oxygen atoms in total. The number of pyridine rings is 1. The number of aryl methyl sites for hydroxylation is 1. The van der Waals surface area contributed by atoms with E-state index in [0.29, 0.717) is 12.8 Å². The zero-order valence-electron chi connectivity index (χ0n) is 9.24. The normalized spacial score (nSPS) is 12.6. The summed E-state index contributed by atoms with van der Waals surface area (Å²) in [5, 5.41) is 9.91. The number of nitrogens with zero attached hydrogens (tertiary/aromatic N) is 3. The van der Waals surface area contributed by atoms with Crippen LogP contribution in [0.4, 0.5) is 0 Å². The average Bonchev–Trinajstić information content (AvgIpc) is 2.66. The highest BCUT2D eigenvalue weighted by Gasteiger charge is 2.10. The molecule has 1 atom stereocenters. The molecule has 2 aromatic rings. The Bertz CT molecular complexity index is 439. The molecule has 0 saturated carbocycles. The van der Waals surface area contributed by atoms with Gasteiger partial charge in [-0.15, -0.1) is 0 Å². The summed E-state index contributed by atoms with van der Waals surface area (Å²) in [6.45, 7) is 0. The monoisotopic (exact) mass is 217 g/mol. The van der Waals surface area contributed by atoms with Crippen molar-refractivity contribution in [1.82, 2.24) is 14.5 Å². The van der Waals surface area contributed by atoms with Crippen molar-refractivity contribution in [3.8, 4) is 0 Å². The quantitative estimate of drug-likeness (QED) is 0.830. The van der Waals surface area contributed by atoms with Gasteiger partial charge in [0.25, 0.3) is 0 Å². The van der Waals surface area contributed by atoms with Crippen molar-refractivity contribution in [2.45, 2.75) is 18.9 Å². The molecule has 0 aliphatic carbocycles. The van der Waals surface area contributed by atoms with Crippen molar-refractivity contribution in [1.29, 1.82) is 0 Å². The third-order valence-electron chi connectivity index (χ3n) is 2.51. The van der Waals surface area contributed by atoms with Gasteiger partial charge in [0.15, 0.2) is 0 Å². The van der Waals surface area contributed by atoms with E-state index in [2.05, 4.69) is 9.97 Å². The summed E-state index contributed by atoms with van der Waals surface area (Å²) < 4.78 is 1.92. The van der Waals surface area contributed by atoms with Gasteiger partial charge in [0.2, 0.25) is 0 Å². The van der Waals surface area contributed by atoms with Crippen LogP contribution in [0.1, 0.15) is 11.5 Å². The Labute approximate surface area is 94.6 Å². The molecule has 0 amide bonds. The number of aliphatic hydroxyl groups is 1. The molecule has 16 heavy (non-hydrogen) atoms. The fourth-order valence-electron chi connectivity index (χ4n) is 1.64. The van der Waals surface area contributed by atoms with Crippen LogP contribution in [0.5, 0.6) is 0 Å². The van der Waals surface area contributed by atoms with Crippen molar-refractivity contribution in [2.24, 2.45) is 7.05 Å². The molecule has 0 spiro atoms. The SMILES string of the molecule is Cn1ccnc1CC(O)Cc1ccccn1. The Kier molecular flexibility index (Phi) is 3.31. The lowest BCUT2D eigenvalue weighted by molar-refractivity contribution is 0.171. The molecule has 4 heteroatoms. The van der Waals surface area contributed by atoms with E-state index < -0.39 is 6.10 Å². The lowest BCUT2D eigenvalue weighted by atomic mass is 10.1. The summed E-state index contributed by atoms with van der Waals surface area (Å²) in [5.41, 5.74) is 0.907. The minimum absolute atomic E-state index is 0.434. The summed E-state index contributed by atoms with van der Waals surface area (Å²) in [5.74, 6) is 0.892. The van der Waals surface area contributed by atoms with E-state index in [4.69, 9.17) is 0 Å². The fraction of sp³-hybridized carbons (Fsp3) is 0.333. The van der Waals surface area contributed by atoms with Gasteiger partial charge < -0.3 is 9.67 Å². The van der Waals surface area contributed by atoms with Gasteiger partial charge in [-0.1, -0.05) is 6.07 Å². The maximum Gasteiger partial charge on any atom is 0.110 e. The highest BCUT2D eigenvalue weighted by molar-refractivity contribution is 5.05. The molecule has 84 valence electrons. The highest BCUT2D eigenvalue weighted by Crippen LogP contribution is 2.05. The van der Waals surface area contributed by atoms with Gasteiger partial charge in [0.1, 0.15) is 5.82 Å². The van der Waals surface area contributed by atoms with Gasteiger partial charge in [0.05, 0.1) is 6.10 Å². The van der Waals surface area contributed by atoms with E-state index in [-0.39, 0.29) is 0 Å². The number of aromatic nitrogens is 3. The second-order valence-electron chi connectivity index (χ2n) is 3.84. The molecular weight excluding hydrogens is 202 g/mol. The summed E-state index contributed by atoms with van der Waals surface area (Å²) >= 11 is 0. The summed E-state index contributed by atoms with van der Waals surface area (Å²) in [6, 6.07) is 5.71. The summed E-state index contributed by atoms with van der Waals surface area (Å²) in [7, 11) is 1.93. The summed E-state index contributed by atoms with van der Waals surface area (Å²) in [4.78, 5) is 8.36. The van der Waals surface area contributed by atoms with Crippen LogP contribution in [0.2, 0.25) is 0 Å². The Morgan fingerprint density at radius 3 is 2.75 bits per heavy atom. The zero-order chi connectivity index (χ0) is 11.4. The van der Waals surface area contributed by atoms with Crippen LogP contribution in [-0.4, -0.2) is 25.7 Å². The van der Waals surface area contributed by atoms with Crippen LogP contribution in [-0.2, 0) is 19.9 Å². The smallest absolute Gasteiger partial charge is 0.110 e. The number of hydrogen-bond acceptors (Lipinski definition) is 3. The van der Waals surface area contributed by atoms with Crippen molar-refractivity contribution < 1.29 is 5.11 Å². The Hall–Kier alpha value is -1.68. The molecule has 2 rings (SSSR count). The first kappa shape index (κ1) is 10.8.